The Morgan fingerprint density at radius 3 is 2.53 bits per heavy atom. The van der Waals surface area contributed by atoms with E-state index in [4.69, 9.17) is 0 Å². The van der Waals surface area contributed by atoms with E-state index >= 15 is 0 Å². The maximum absolute atomic E-state index is 3.20. The van der Waals surface area contributed by atoms with E-state index in [0.29, 0.717) is 0 Å². The Morgan fingerprint density at radius 2 is 1.95 bits per heavy atom. The molecular formula is C17H26N2. The first kappa shape index (κ1) is 13.0. The number of hydrogen-bond donors (Lipinski definition) is 1. The van der Waals surface area contributed by atoms with Gasteiger partial charge >= 0.3 is 0 Å². The lowest BCUT2D eigenvalue weighted by molar-refractivity contribution is 0.337. The molecule has 0 saturated heterocycles. The van der Waals surface area contributed by atoms with Crippen LogP contribution in [0.5, 0.6) is 0 Å². The normalized spacial score (nSPS) is 28.8. The molecule has 1 aromatic carbocycles. The largest absolute Gasteiger partial charge is 0.374 e. The highest BCUT2D eigenvalue weighted by Gasteiger charge is 2.39. The van der Waals surface area contributed by atoms with Gasteiger partial charge in [0.25, 0.3) is 0 Å². The van der Waals surface area contributed by atoms with Crippen LogP contribution in [0.1, 0.15) is 31.2 Å². The smallest absolute Gasteiger partial charge is 0.0363 e. The van der Waals surface area contributed by atoms with Crippen molar-refractivity contribution < 1.29 is 0 Å². The molecule has 0 amide bonds. The van der Waals surface area contributed by atoms with Gasteiger partial charge in [0.1, 0.15) is 0 Å². The van der Waals surface area contributed by atoms with Crippen molar-refractivity contribution in [2.45, 2.75) is 32.2 Å². The minimum Gasteiger partial charge on any atom is -0.374 e. The molecule has 1 aromatic rings. The van der Waals surface area contributed by atoms with Gasteiger partial charge in [-0.2, -0.15) is 0 Å². The van der Waals surface area contributed by atoms with Gasteiger partial charge in [0.15, 0.2) is 0 Å². The van der Waals surface area contributed by atoms with Crippen molar-refractivity contribution in [3.8, 4) is 0 Å². The van der Waals surface area contributed by atoms with Gasteiger partial charge in [-0.25, -0.2) is 0 Å². The van der Waals surface area contributed by atoms with E-state index in [1.54, 1.807) is 0 Å². The van der Waals surface area contributed by atoms with Crippen LogP contribution in [0.2, 0.25) is 0 Å². The Balaban J connectivity index is 1.59. The summed E-state index contributed by atoms with van der Waals surface area (Å²) in [5, 5.41) is 3.20. The van der Waals surface area contributed by atoms with Gasteiger partial charge in [-0.15, -0.1) is 0 Å². The Labute approximate surface area is 117 Å². The summed E-state index contributed by atoms with van der Waals surface area (Å²) in [4.78, 5) is 2.45. The van der Waals surface area contributed by atoms with Crippen LogP contribution in [0.4, 0.5) is 5.69 Å². The van der Waals surface area contributed by atoms with Gasteiger partial charge in [0.2, 0.25) is 0 Å². The molecule has 0 aliphatic heterocycles. The van der Waals surface area contributed by atoms with Gasteiger partial charge < -0.3 is 10.2 Å². The fraction of sp³-hybridized carbons (Fsp3) is 0.647. The second-order valence-corrected chi connectivity index (χ2v) is 6.51. The fourth-order valence-corrected chi connectivity index (χ4v) is 4.13. The van der Waals surface area contributed by atoms with E-state index in [1.165, 1.54) is 43.5 Å². The highest BCUT2D eigenvalue weighted by atomic mass is 15.1. The zero-order chi connectivity index (χ0) is 13.2. The summed E-state index contributed by atoms with van der Waals surface area (Å²) >= 11 is 0. The summed E-state index contributed by atoms with van der Waals surface area (Å²) in [6, 6.07) is 9.01. The molecule has 2 fully saturated rings. The number of rotatable bonds is 5. The number of benzene rings is 1. The predicted octanol–water partition coefficient (Wildman–Crippen LogP) is 3.28. The average molecular weight is 258 g/mol. The fourth-order valence-electron chi connectivity index (χ4n) is 4.13. The van der Waals surface area contributed by atoms with Crippen LogP contribution in [-0.4, -0.2) is 20.6 Å². The lowest BCUT2D eigenvalue weighted by Gasteiger charge is -2.28. The van der Waals surface area contributed by atoms with Crippen LogP contribution in [0.3, 0.4) is 0 Å². The number of nitrogens with zero attached hydrogens (tertiary/aromatic N) is 1. The van der Waals surface area contributed by atoms with E-state index in [9.17, 15) is 0 Å². The maximum atomic E-state index is 3.20. The molecule has 19 heavy (non-hydrogen) atoms. The van der Waals surface area contributed by atoms with Gasteiger partial charge in [0, 0.05) is 25.8 Å². The summed E-state index contributed by atoms with van der Waals surface area (Å²) in [7, 11) is 4.24. The van der Waals surface area contributed by atoms with Crippen molar-refractivity contribution in [3.05, 3.63) is 29.8 Å². The van der Waals surface area contributed by atoms with Crippen LogP contribution in [-0.2, 0) is 6.54 Å². The highest BCUT2D eigenvalue weighted by molar-refractivity contribution is 5.47. The number of anilines is 1. The van der Waals surface area contributed by atoms with E-state index in [2.05, 4.69) is 41.5 Å². The van der Waals surface area contributed by atoms with Crippen LogP contribution < -0.4 is 10.2 Å². The third-order valence-electron chi connectivity index (χ3n) is 5.15. The third-order valence-corrected chi connectivity index (χ3v) is 5.15. The Bertz CT molecular complexity index is 412. The van der Waals surface area contributed by atoms with Crippen LogP contribution in [0.25, 0.3) is 0 Å². The molecule has 0 spiro atoms. The summed E-state index contributed by atoms with van der Waals surface area (Å²) < 4.78 is 0. The zero-order valence-electron chi connectivity index (χ0n) is 12.2. The van der Waals surface area contributed by atoms with Crippen molar-refractivity contribution in [1.82, 2.24) is 5.32 Å². The second-order valence-electron chi connectivity index (χ2n) is 6.51. The minimum atomic E-state index is 0.945. The maximum Gasteiger partial charge on any atom is 0.0363 e. The molecule has 0 aromatic heterocycles. The van der Waals surface area contributed by atoms with Crippen molar-refractivity contribution >= 4 is 5.69 Å². The third kappa shape index (κ3) is 2.79. The molecule has 0 heterocycles. The molecule has 1 N–H and O–H groups in total. The highest BCUT2D eigenvalue weighted by Crippen LogP contribution is 2.48. The summed E-state index contributed by atoms with van der Waals surface area (Å²) in [5.41, 5.74) is 2.72. The summed E-state index contributed by atoms with van der Waals surface area (Å²) in [6.07, 6.45) is 5.99. The molecule has 2 heteroatoms. The van der Waals surface area contributed by atoms with Crippen LogP contribution in [0.15, 0.2) is 24.3 Å². The van der Waals surface area contributed by atoms with E-state index in [0.717, 1.165) is 24.3 Å². The monoisotopic (exact) mass is 258 g/mol. The Kier molecular flexibility index (Phi) is 3.79. The van der Waals surface area contributed by atoms with Gasteiger partial charge in [-0.05, 0) is 61.8 Å². The predicted molar refractivity (Wildman–Crippen MR) is 81.4 cm³/mol. The molecule has 3 unspecified atom stereocenters. The first-order chi connectivity index (χ1) is 9.26. The van der Waals surface area contributed by atoms with Crippen LogP contribution in [0, 0.1) is 17.8 Å². The SMILES string of the molecule is CNCc1ccc(N(C)CC2CC3CCC2C3)cc1. The van der Waals surface area contributed by atoms with Crippen molar-refractivity contribution in [3.63, 3.8) is 0 Å². The molecule has 2 aliphatic rings. The average Bonchev–Trinajstić information content (AvgIpc) is 3.02. The number of fused-ring (bicyclic) bond motifs is 2. The Morgan fingerprint density at radius 1 is 1.16 bits per heavy atom. The van der Waals surface area contributed by atoms with Gasteiger partial charge in [0.05, 0.1) is 0 Å². The standard InChI is InChI=1S/C17H26N2/c1-18-11-13-4-7-17(8-5-13)19(2)12-16-10-14-3-6-15(16)9-14/h4-5,7-8,14-16,18H,3,6,9-12H2,1-2H3. The lowest BCUT2D eigenvalue weighted by atomic mass is 9.88. The van der Waals surface area contributed by atoms with Crippen molar-refractivity contribution in [2.75, 3.05) is 25.5 Å². The first-order valence-corrected chi connectivity index (χ1v) is 7.71. The molecule has 104 valence electrons. The molecule has 3 atom stereocenters. The zero-order valence-corrected chi connectivity index (χ0v) is 12.2. The summed E-state index contributed by atoms with van der Waals surface area (Å²) in [5.74, 6) is 3.03. The quantitative estimate of drug-likeness (QED) is 0.872. The molecule has 2 saturated carbocycles. The lowest BCUT2D eigenvalue weighted by Crippen LogP contribution is -2.28. The van der Waals surface area contributed by atoms with Crippen LogP contribution >= 0.6 is 0 Å². The van der Waals surface area contributed by atoms with E-state index in [1.807, 2.05) is 7.05 Å². The van der Waals surface area contributed by atoms with E-state index < -0.39 is 0 Å². The van der Waals surface area contributed by atoms with Crippen molar-refractivity contribution in [1.29, 1.82) is 0 Å². The molecule has 2 aliphatic carbocycles. The molecule has 2 bridgehead atoms. The van der Waals surface area contributed by atoms with Gasteiger partial charge in [-0.3, -0.25) is 0 Å². The molecule has 0 radical (unpaired) electrons. The number of hydrogen-bond acceptors (Lipinski definition) is 2. The molecule has 2 nitrogen and oxygen atoms in total. The second kappa shape index (κ2) is 5.54. The topological polar surface area (TPSA) is 15.3 Å². The first-order valence-electron chi connectivity index (χ1n) is 7.71. The minimum absolute atomic E-state index is 0.945. The molecule has 3 rings (SSSR count). The molecular weight excluding hydrogens is 232 g/mol. The van der Waals surface area contributed by atoms with Crippen molar-refractivity contribution in [2.24, 2.45) is 17.8 Å². The van der Waals surface area contributed by atoms with Gasteiger partial charge in [-0.1, -0.05) is 18.6 Å². The van der Waals surface area contributed by atoms with E-state index in [-0.39, 0.29) is 0 Å². The number of nitrogens with one attached hydrogen (secondary N) is 1. The summed E-state index contributed by atoms with van der Waals surface area (Å²) in [6.45, 7) is 2.20. The Hall–Kier alpha value is -1.02.